The van der Waals surface area contributed by atoms with Crippen molar-refractivity contribution in [2.75, 3.05) is 6.61 Å². The van der Waals surface area contributed by atoms with E-state index in [0.717, 1.165) is 19.4 Å². The van der Waals surface area contributed by atoms with E-state index < -0.39 is 5.60 Å². The van der Waals surface area contributed by atoms with Crippen molar-refractivity contribution in [2.24, 2.45) is 56.7 Å². The van der Waals surface area contributed by atoms with Crippen LogP contribution < -0.4 is 0 Å². The van der Waals surface area contributed by atoms with Gasteiger partial charge >= 0.3 is 0 Å². The molecule has 10 atom stereocenters. The Morgan fingerprint density at radius 3 is 1.80 bits per heavy atom. The van der Waals surface area contributed by atoms with Crippen LogP contribution in [0.5, 0.6) is 0 Å². The largest absolute Gasteiger partial charge is 0.393 e. The van der Waals surface area contributed by atoms with Gasteiger partial charge in [-0.25, -0.2) is 0 Å². The molecule has 5 aliphatic carbocycles. The number of ether oxygens (including phenoxy) is 1. The number of aliphatic hydroxyl groups excluding tert-OH is 1. The summed E-state index contributed by atoms with van der Waals surface area (Å²) in [6, 6.07) is 32.9. The fourth-order valence-corrected chi connectivity index (χ4v) is 14.8. The number of fused-ring (bicyclic) bond motifs is 7. The second-order valence-electron chi connectivity index (χ2n) is 19.7. The van der Waals surface area contributed by atoms with Crippen molar-refractivity contribution < 1.29 is 9.84 Å². The summed E-state index contributed by atoms with van der Waals surface area (Å²) in [4.78, 5) is 0. The average molecular weight is 685 g/mol. The highest BCUT2D eigenvalue weighted by molar-refractivity contribution is 5.47. The van der Waals surface area contributed by atoms with Crippen molar-refractivity contribution in [1.82, 2.24) is 0 Å². The zero-order chi connectivity index (χ0) is 35.9. The summed E-state index contributed by atoms with van der Waals surface area (Å²) in [5, 5.41) is 11.3. The second-order valence-corrected chi connectivity index (χ2v) is 19.7. The molecule has 0 radical (unpaired) electrons. The molecule has 3 aromatic carbocycles. The summed E-state index contributed by atoms with van der Waals surface area (Å²) in [6.45, 7) is 20.7. The molecule has 0 bridgehead atoms. The lowest BCUT2D eigenvalue weighted by molar-refractivity contribution is -0.249. The van der Waals surface area contributed by atoms with Gasteiger partial charge in [-0.3, -0.25) is 0 Å². The van der Waals surface area contributed by atoms with Gasteiger partial charge in [0.25, 0.3) is 0 Å². The summed E-state index contributed by atoms with van der Waals surface area (Å²) in [5.41, 5.74) is 5.31. The van der Waals surface area contributed by atoms with Crippen LogP contribution >= 0.6 is 0 Å². The lowest BCUT2D eigenvalue weighted by Gasteiger charge is -2.73. The molecular weight excluding hydrogens is 621 g/mol. The van der Waals surface area contributed by atoms with Gasteiger partial charge in [0.05, 0.1) is 12.7 Å². The van der Waals surface area contributed by atoms with Crippen LogP contribution in [0.3, 0.4) is 0 Å². The van der Waals surface area contributed by atoms with Gasteiger partial charge in [0, 0.05) is 0 Å². The van der Waals surface area contributed by atoms with Gasteiger partial charge in [0.1, 0.15) is 5.60 Å². The molecule has 5 fully saturated rings. The van der Waals surface area contributed by atoms with Crippen LogP contribution in [0, 0.1) is 56.7 Å². The van der Waals surface area contributed by atoms with Gasteiger partial charge in [-0.2, -0.15) is 0 Å². The maximum atomic E-state index is 11.3. The molecule has 0 amide bonds. The van der Waals surface area contributed by atoms with E-state index in [9.17, 15) is 5.11 Å². The van der Waals surface area contributed by atoms with Gasteiger partial charge in [-0.15, -0.1) is 0 Å². The first-order valence-corrected chi connectivity index (χ1v) is 20.4. The van der Waals surface area contributed by atoms with E-state index in [2.05, 4.69) is 133 Å². The fraction of sp³-hybridized carbons (Fsp3) is 0.592. The molecular formula is C49H64O2. The molecule has 2 heteroatoms. The van der Waals surface area contributed by atoms with Crippen LogP contribution in [0.15, 0.2) is 103 Å². The quantitative estimate of drug-likeness (QED) is 0.198. The summed E-state index contributed by atoms with van der Waals surface area (Å²) in [7, 11) is 0. The summed E-state index contributed by atoms with van der Waals surface area (Å²) < 4.78 is 7.77. The molecule has 51 heavy (non-hydrogen) atoms. The Bertz CT molecular complexity index is 1620. The van der Waals surface area contributed by atoms with Crippen LogP contribution in [0.2, 0.25) is 0 Å². The topological polar surface area (TPSA) is 29.5 Å². The minimum Gasteiger partial charge on any atom is -0.393 e. The highest BCUT2D eigenvalue weighted by atomic mass is 16.5. The van der Waals surface area contributed by atoms with Crippen LogP contribution in [0.25, 0.3) is 0 Å². The summed E-state index contributed by atoms with van der Waals surface area (Å²) >= 11 is 0. The Morgan fingerprint density at radius 1 is 0.686 bits per heavy atom. The Labute approximate surface area is 309 Å². The molecule has 0 aliphatic heterocycles. The number of hydrogen-bond donors (Lipinski definition) is 1. The van der Waals surface area contributed by atoms with E-state index in [-0.39, 0.29) is 33.2 Å². The predicted molar refractivity (Wildman–Crippen MR) is 210 cm³/mol. The van der Waals surface area contributed by atoms with E-state index in [1.807, 2.05) is 0 Å². The Morgan fingerprint density at radius 2 is 1.25 bits per heavy atom. The molecule has 2 nitrogen and oxygen atoms in total. The van der Waals surface area contributed by atoms with Gasteiger partial charge in [-0.1, -0.05) is 138 Å². The lowest BCUT2D eigenvalue weighted by atomic mass is 9.32. The van der Waals surface area contributed by atoms with Gasteiger partial charge in [0.15, 0.2) is 0 Å². The van der Waals surface area contributed by atoms with E-state index in [1.165, 1.54) is 73.6 Å². The van der Waals surface area contributed by atoms with Gasteiger partial charge in [0.2, 0.25) is 0 Å². The minimum atomic E-state index is -0.698. The lowest BCUT2D eigenvalue weighted by Crippen LogP contribution is -2.66. The molecule has 0 heterocycles. The third-order valence-electron chi connectivity index (χ3n) is 17.0. The number of hydrogen-bond acceptors (Lipinski definition) is 2. The molecule has 5 aliphatic rings. The monoisotopic (exact) mass is 684 g/mol. The Balaban J connectivity index is 1.19. The van der Waals surface area contributed by atoms with Crippen LogP contribution in [0.1, 0.15) is 122 Å². The SMILES string of the molecule is C=C(C)[C@@H]1CC[C@]2(COC(c3ccccc3)(c3ccccc3)c3ccccc3)CC[C@]3(C)[C@H](CC[C@@H]4[C@@]5(C)CC(O)CC(C)(C)[C@@H]5CC[C@]43C)[C@@H]12. The van der Waals surface area contributed by atoms with E-state index in [0.29, 0.717) is 29.6 Å². The van der Waals surface area contributed by atoms with Crippen LogP contribution in [0.4, 0.5) is 0 Å². The highest BCUT2D eigenvalue weighted by Crippen LogP contribution is 2.77. The average Bonchev–Trinajstić information content (AvgIpc) is 3.50. The number of benzene rings is 3. The molecule has 1 N–H and O–H groups in total. The predicted octanol–water partition coefficient (Wildman–Crippen LogP) is 12.0. The van der Waals surface area contributed by atoms with Crippen molar-refractivity contribution in [3.63, 3.8) is 0 Å². The number of aliphatic hydroxyl groups is 1. The molecule has 0 aromatic heterocycles. The number of rotatable bonds is 7. The third kappa shape index (κ3) is 5.15. The minimum absolute atomic E-state index is 0.116. The first-order valence-electron chi connectivity index (χ1n) is 20.4. The Kier molecular flexibility index (Phi) is 8.63. The highest BCUT2D eigenvalue weighted by Gasteiger charge is 2.71. The summed E-state index contributed by atoms with van der Waals surface area (Å²) in [6.07, 6.45) is 11.9. The first kappa shape index (κ1) is 35.4. The molecule has 8 rings (SSSR count). The molecule has 0 spiro atoms. The second kappa shape index (κ2) is 12.4. The molecule has 3 aromatic rings. The zero-order valence-electron chi connectivity index (χ0n) is 32.5. The van der Waals surface area contributed by atoms with E-state index in [1.54, 1.807) is 0 Å². The first-order chi connectivity index (χ1) is 24.3. The van der Waals surface area contributed by atoms with Crippen molar-refractivity contribution in [2.45, 2.75) is 117 Å². The normalized spacial score (nSPS) is 40.0. The maximum Gasteiger partial charge on any atom is 0.143 e. The number of allylic oxidation sites excluding steroid dienone is 1. The van der Waals surface area contributed by atoms with Gasteiger partial charge < -0.3 is 9.84 Å². The summed E-state index contributed by atoms with van der Waals surface area (Å²) in [5.74, 6) is 3.13. The molecule has 5 saturated carbocycles. The van der Waals surface area contributed by atoms with Crippen molar-refractivity contribution in [3.05, 3.63) is 120 Å². The van der Waals surface area contributed by atoms with E-state index >= 15 is 0 Å². The third-order valence-corrected chi connectivity index (χ3v) is 17.0. The smallest absolute Gasteiger partial charge is 0.143 e. The van der Waals surface area contributed by atoms with Crippen molar-refractivity contribution in [3.8, 4) is 0 Å². The molecule has 1 unspecified atom stereocenters. The van der Waals surface area contributed by atoms with Crippen LogP contribution in [-0.4, -0.2) is 17.8 Å². The zero-order valence-corrected chi connectivity index (χ0v) is 32.5. The van der Waals surface area contributed by atoms with E-state index in [4.69, 9.17) is 11.3 Å². The van der Waals surface area contributed by atoms with Crippen molar-refractivity contribution in [1.29, 1.82) is 0 Å². The molecule has 0 saturated heterocycles. The molecule has 272 valence electrons. The standard InChI is InChI=1S/C49H64O2/c1-34(2)39-25-28-48(33-51-49(35-17-11-8-12-18-35,36-19-13-9-14-20-36)37-21-15-10-16-22-37)30-29-46(6)40(43(39)48)23-24-42-45(5)32-38(50)31-44(3,4)41(45)26-27-47(42,46)7/h8-22,38-43,50H,1,23-33H2,2-7H3/t38?,39-,40+,41-,42+,43+,45-,46+,47+,48+/m0/s1. The van der Waals surface area contributed by atoms with Crippen LogP contribution in [-0.2, 0) is 10.3 Å². The maximum absolute atomic E-state index is 11.3. The Hall–Kier alpha value is -2.68. The fourth-order valence-electron chi connectivity index (χ4n) is 14.8. The van der Waals surface area contributed by atoms with Gasteiger partial charge in [-0.05, 0) is 144 Å². The van der Waals surface area contributed by atoms with Crippen molar-refractivity contribution >= 4 is 0 Å².